The van der Waals surface area contributed by atoms with Crippen molar-refractivity contribution in [3.05, 3.63) is 58.9 Å². The molecule has 0 aliphatic heterocycles. The zero-order valence-corrected chi connectivity index (χ0v) is 13.6. The van der Waals surface area contributed by atoms with Crippen LogP contribution in [0.3, 0.4) is 0 Å². The molecule has 1 aromatic carbocycles. The Balaban J connectivity index is 2.30. The van der Waals surface area contributed by atoms with E-state index in [0.717, 1.165) is 22.5 Å². The third-order valence-electron chi connectivity index (χ3n) is 4.09. The summed E-state index contributed by atoms with van der Waals surface area (Å²) in [6.45, 7) is 8.80. The normalized spacial score (nSPS) is 11.0. The standard InChI is InChI=1S/C18H24N2O/c1-13(2)20(12-16-9-7-6-8-10-16)18(21)17-11-14(3)19(5)15(17)4/h6-11,13H,12H2,1-5H3. The van der Waals surface area contributed by atoms with Gasteiger partial charge in [-0.15, -0.1) is 0 Å². The van der Waals surface area contributed by atoms with E-state index in [9.17, 15) is 4.79 Å². The predicted octanol–water partition coefficient (Wildman–Crippen LogP) is 3.69. The van der Waals surface area contributed by atoms with Gasteiger partial charge in [0.1, 0.15) is 0 Å². The molecule has 2 rings (SSSR count). The Bertz CT molecular complexity index is 626. The molecule has 0 fully saturated rings. The van der Waals surface area contributed by atoms with E-state index in [1.807, 2.05) is 50.1 Å². The van der Waals surface area contributed by atoms with Gasteiger partial charge in [-0.25, -0.2) is 0 Å². The second-order valence-corrected chi connectivity index (χ2v) is 5.86. The fourth-order valence-electron chi connectivity index (χ4n) is 2.50. The third-order valence-corrected chi connectivity index (χ3v) is 4.09. The smallest absolute Gasteiger partial charge is 0.256 e. The van der Waals surface area contributed by atoms with Gasteiger partial charge in [-0.05, 0) is 39.3 Å². The van der Waals surface area contributed by atoms with Gasteiger partial charge in [-0.1, -0.05) is 30.3 Å². The highest BCUT2D eigenvalue weighted by atomic mass is 16.2. The summed E-state index contributed by atoms with van der Waals surface area (Å²) in [4.78, 5) is 14.8. The van der Waals surface area contributed by atoms with Crippen LogP contribution in [-0.4, -0.2) is 21.4 Å². The first-order valence-corrected chi connectivity index (χ1v) is 7.39. The van der Waals surface area contributed by atoms with Crippen molar-refractivity contribution in [3.63, 3.8) is 0 Å². The summed E-state index contributed by atoms with van der Waals surface area (Å²) < 4.78 is 2.06. The highest BCUT2D eigenvalue weighted by Crippen LogP contribution is 2.19. The van der Waals surface area contributed by atoms with Crippen LogP contribution in [0.5, 0.6) is 0 Å². The predicted molar refractivity (Wildman–Crippen MR) is 86.3 cm³/mol. The van der Waals surface area contributed by atoms with Gasteiger partial charge in [-0.2, -0.15) is 0 Å². The average molecular weight is 284 g/mol. The Morgan fingerprint density at radius 1 is 1.19 bits per heavy atom. The second-order valence-electron chi connectivity index (χ2n) is 5.86. The number of aryl methyl sites for hydroxylation is 1. The highest BCUT2D eigenvalue weighted by molar-refractivity contribution is 5.95. The number of amides is 1. The molecule has 0 aliphatic rings. The van der Waals surface area contributed by atoms with Crippen molar-refractivity contribution in [1.82, 2.24) is 9.47 Å². The van der Waals surface area contributed by atoms with Gasteiger partial charge in [0.2, 0.25) is 0 Å². The van der Waals surface area contributed by atoms with Crippen LogP contribution in [-0.2, 0) is 13.6 Å². The minimum absolute atomic E-state index is 0.107. The van der Waals surface area contributed by atoms with Crippen LogP contribution in [0, 0.1) is 13.8 Å². The molecule has 0 saturated carbocycles. The minimum Gasteiger partial charge on any atom is -0.351 e. The van der Waals surface area contributed by atoms with Crippen molar-refractivity contribution >= 4 is 5.91 Å². The fraction of sp³-hybridized carbons (Fsp3) is 0.389. The second kappa shape index (κ2) is 6.17. The molecule has 3 nitrogen and oxygen atoms in total. The molecule has 0 N–H and O–H groups in total. The molecule has 1 amide bonds. The number of benzene rings is 1. The number of rotatable bonds is 4. The molecule has 0 unspecified atom stereocenters. The molecule has 112 valence electrons. The molecule has 0 spiro atoms. The molecule has 3 heteroatoms. The molecule has 1 heterocycles. The van der Waals surface area contributed by atoms with Crippen molar-refractivity contribution in [1.29, 1.82) is 0 Å². The van der Waals surface area contributed by atoms with Crippen LogP contribution in [0.4, 0.5) is 0 Å². The number of aromatic nitrogens is 1. The summed E-state index contributed by atoms with van der Waals surface area (Å²) in [5.74, 6) is 0.107. The number of carbonyl (C=O) groups is 1. The monoisotopic (exact) mass is 284 g/mol. The molecule has 0 aliphatic carbocycles. The van der Waals surface area contributed by atoms with Crippen LogP contribution >= 0.6 is 0 Å². The number of carbonyl (C=O) groups excluding carboxylic acids is 1. The van der Waals surface area contributed by atoms with Crippen molar-refractivity contribution < 1.29 is 4.79 Å². The van der Waals surface area contributed by atoms with E-state index in [4.69, 9.17) is 0 Å². The van der Waals surface area contributed by atoms with Crippen molar-refractivity contribution in [2.24, 2.45) is 7.05 Å². The Morgan fingerprint density at radius 2 is 1.81 bits per heavy atom. The summed E-state index contributed by atoms with van der Waals surface area (Å²) in [5, 5.41) is 0. The lowest BCUT2D eigenvalue weighted by molar-refractivity contribution is 0.0689. The van der Waals surface area contributed by atoms with E-state index in [0.29, 0.717) is 6.54 Å². The number of hydrogen-bond donors (Lipinski definition) is 0. The van der Waals surface area contributed by atoms with Crippen molar-refractivity contribution in [2.75, 3.05) is 0 Å². The van der Waals surface area contributed by atoms with Gasteiger partial charge in [0.15, 0.2) is 0 Å². The summed E-state index contributed by atoms with van der Waals surface area (Å²) in [7, 11) is 2.00. The number of nitrogens with zero attached hydrogens (tertiary/aromatic N) is 2. The van der Waals surface area contributed by atoms with E-state index in [2.05, 4.69) is 30.5 Å². The molecule has 0 saturated heterocycles. The topological polar surface area (TPSA) is 25.2 Å². The summed E-state index contributed by atoms with van der Waals surface area (Å²) >= 11 is 0. The van der Waals surface area contributed by atoms with E-state index in [1.54, 1.807) is 0 Å². The van der Waals surface area contributed by atoms with Gasteiger partial charge in [0.25, 0.3) is 5.91 Å². The van der Waals surface area contributed by atoms with Crippen molar-refractivity contribution in [2.45, 2.75) is 40.3 Å². The van der Waals surface area contributed by atoms with Gasteiger partial charge >= 0.3 is 0 Å². The quantitative estimate of drug-likeness (QED) is 0.840. The zero-order valence-electron chi connectivity index (χ0n) is 13.6. The molecule has 1 aromatic heterocycles. The maximum atomic E-state index is 12.9. The third kappa shape index (κ3) is 3.18. The van der Waals surface area contributed by atoms with E-state index in [-0.39, 0.29) is 11.9 Å². The van der Waals surface area contributed by atoms with Crippen LogP contribution in [0.15, 0.2) is 36.4 Å². The van der Waals surface area contributed by atoms with Gasteiger partial charge < -0.3 is 9.47 Å². The van der Waals surface area contributed by atoms with Crippen LogP contribution < -0.4 is 0 Å². The van der Waals surface area contributed by atoms with Crippen LogP contribution in [0.1, 0.15) is 41.2 Å². The largest absolute Gasteiger partial charge is 0.351 e. The first-order valence-electron chi connectivity index (χ1n) is 7.39. The maximum Gasteiger partial charge on any atom is 0.256 e. The first-order chi connectivity index (χ1) is 9.91. The Labute approximate surface area is 127 Å². The highest BCUT2D eigenvalue weighted by Gasteiger charge is 2.22. The van der Waals surface area contributed by atoms with Crippen LogP contribution in [0.2, 0.25) is 0 Å². The zero-order chi connectivity index (χ0) is 15.6. The molecule has 2 aromatic rings. The van der Waals surface area contributed by atoms with Gasteiger partial charge in [-0.3, -0.25) is 4.79 Å². The van der Waals surface area contributed by atoms with Crippen molar-refractivity contribution in [3.8, 4) is 0 Å². The molecular weight excluding hydrogens is 260 g/mol. The summed E-state index contributed by atoms with van der Waals surface area (Å²) in [6.07, 6.45) is 0. The van der Waals surface area contributed by atoms with E-state index in [1.165, 1.54) is 0 Å². The lowest BCUT2D eigenvalue weighted by atomic mass is 10.1. The Kier molecular flexibility index (Phi) is 4.51. The van der Waals surface area contributed by atoms with Crippen LogP contribution in [0.25, 0.3) is 0 Å². The fourth-order valence-corrected chi connectivity index (χ4v) is 2.50. The van der Waals surface area contributed by atoms with Gasteiger partial charge in [0.05, 0.1) is 5.56 Å². The lowest BCUT2D eigenvalue weighted by Gasteiger charge is -2.27. The lowest BCUT2D eigenvalue weighted by Crippen LogP contribution is -2.36. The van der Waals surface area contributed by atoms with E-state index < -0.39 is 0 Å². The molecule has 0 bridgehead atoms. The molecular formula is C18H24N2O. The Morgan fingerprint density at radius 3 is 2.29 bits per heavy atom. The average Bonchev–Trinajstić information content (AvgIpc) is 2.72. The maximum absolute atomic E-state index is 12.9. The molecule has 0 atom stereocenters. The minimum atomic E-state index is 0.107. The summed E-state index contributed by atoms with van der Waals surface area (Å²) in [6, 6.07) is 12.3. The SMILES string of the molecule is Cc1cc(C(=O)N(Cc2ccccc2)C(C)C)c(C)n1C. The van der Waals surface area contributed by atoms with E-state index >= 15 is 0 Å². The van der Waals surface area contributed by atoms with Gasteiger partial charge in [0, 0.05) is 31.0 Å². The molecule has 21 heavy (non-hydrogen) atoms. The first kappa shape index (κ1) is 15.4. The Hall–Kier alpha value is -2.03. The molecule has 0 radical (unpaired) electrons. The number of hydrogen-bond acceptors (Lipinski definition) is 1. The summed E-state index contributed by atoms with van der Waals surface area (Å²) in [5.41, 5.74) is 4.10.